The molecule has 1 fully saturated rings. The Bertz CT molecular complexity index is 448. The third kappa shape index (κ3) is 2.42. The van der Waals surface area contributed by atoms with E-state index in [1.807, 2.05) is 0 Å². The van der Waals surface area contributed by atoms with Gasteiger partial charge >= 0.3 is 6.03 Å². The van der Waals surface area contributed by atoms with Gasteiger partial charge in [-0.2, -0.15) is 0 Å². The predicted molar refractivity (Wildman–Crippen MR) is 58.4 cm³/mol. The summed E-state index contributed by atoms with van der Waals surface area (Å²) in [6, 6.07) is 4.76. The largest absolute Gasteiger partial charge is 0.329 e. The Hall–Kier alpha value is -1.95. The van der Waals surface area contributed by atoms with Gasteiger partial charge in [-0.25, -0.2) is 9.18 Å². The van der Waals surface area contributed by atoms with Crippen LogP contribution in [0.25, 0.3) is 0 Å². The Kier molecular flexibility index (Phi) is 3.06. The highest BCUT2D eigenvalue weighted by molar-refractivity contribution is 6.01. The standard InChI is InChI=1S/C11H12FN3O2/c12-8-3-1-2-7(4-8)9(13)6-15-10(16)5-14-11(15)17/h1-4,9H,5-6,13H2,(H,14,17). The zero-order valence-corrected chi connectivity index (χ0v) is 9.02. The van der Waals surface area contributed by atoms with Crippen molar-refractivity contribution < 1.29 is 14.0 Å². The third-order valence-electron chi connectivity index (χ3n) is 2.59. The van der Waals surface area contributed by atoms with Crippen molar-refractivity contribution in [3.63, 3.8) is 0 Å². The average Bonchev–Trinajstić information content (AvgIpc) is 2.61. The predicted octanol–water partition coefficient (Wildman–Crippen LogP) is 0.377. The van der Waals surface area contributed by atoms with Gasteiger partial charge in [-0.15, -0.1) is 0 Å². The molecule has 17 heavy (non-hydrogen) atoms. The molecule has 0 spiro atoms. The van der Waals surface area contributed by atoms with E-state index < -0.39 is 17.9 Å². The molecule has 0 aliphatic carbocycles. The van der Waals surface area contributed by atoms with Gasteiger partial charge in [0, 0.05) is 12.6 Å². The van der Waals surface area contributed by atoms with Gasteiger partial charge in [-0.1, -0.05) is 12.1 Å². The molecule has 1 aliphatic rings. The molecule has 0 bridgehead atoms. The van der Waals surface area contributed by atoms with Crippen molar-refractivity contribution in [2.75, 3.05) is 13.1 Å². The first kappa shape index (κ1) is 11.5. The minimum atomic E-state index is -0.585. The molecular formula is C11H12FN3O2. The van der Waals surface area contributed by atoms with Gasteiger partial charge in [0.15, 0.2) is 0 Å². The van der Waals surface area contributed by atoms with Crippen LogP contribution in [0.1, 0.15) is 11.6 Å². The van der Waals surface area contributed by atoms with E-state index in [1.54, 1.807) is 6.07 Å². The van der Waals surface area contributed by atoms with Gasteiger partial charge in [0.25, 0.3) is 0 Å². The lowest BCUT2D eigenvalue weighted by Crippen LogP contribution is -2.37. The summed E-state index contributed by atoms with van der Waals surface area (Å²) in [5.74, 6) is -0.711. The Morgan fingerprint density at radius 1 is 1.47 bits per heavy atom. The number of urea groups is 1. The summed E-state index contributed by atoms with van der Waals surface area (Å²) < 4.78 is 13.0. The van der Waals surface area contributed by atoms with Crippen LogP contribution in [0.4, 0.5) is 9.18 Å². The molecule has 0 radical (unpaired) electrons. The molecule has 1 aromatic rings. The van der Waals surface area contributed by atoms with Gasteiger partial charge < -0.3 is 11.1 Å². The molecule has 1 heterocycles. The summed E-state index contributed by atoms with van der Waals surface area (Å²) in [4.78, 5) is 23.7. The van der Waals surface area contributed by atoms with E-state index in [-0.39, 0.29) is 19.0 Å². The lowest BCUT2D eigenvalue weighted by molar-refractivity contribution is -0.125. The summed E-state index contributed by atoms with van der Waals surface area (Å²) in [5, 5.41) is 2.40. The van der Waals surface area contributed by atoms with Crippen LogP contribution in [0.15, 0.2) is 24.3 Å². The summed E-state index contributed by atoms with van der Waals surface area (Å²) in [5.41, 5.74) is 6.38. The SMILES string of the molecule is NC(CN1C(=O)CNC1=O)c1cccc(F)c1. The number of nitrogens with two attached hydrogens (primary N) is 1. The molecule has 0 aromatic heterocycles. The number of imide groups is 1. The molecule has 1 atom stereocenters. The van der Waals surface area contributed by atoms with Gasteiger partial charge in [-0.05, 0) is 17.7 Å². The molecular weight excluding hydrogens is 225 g/mol. The number of benzene rings is 1. The monoisotopic (exact) mass is 237 g/mol. The summed E-state index contributed by atoms with van der Waals surface area (Å²) in [6.45, 7) is 0.0445. The van der Waals surface area contributed by atoms with E-state index >= 15 is 0 Å². The van der Waals surface area contributed by atoms with E-state index in [0.717, 1.165) is 4.90 Å². The first-order valence-corrected chi connectivity index (χ1v) is 5.17. The Labute approximate surface area is 97.4 Å². The number of halogens is 1. The molecule has 5 nitrogen and oxygen atoms in total. The highest BCUT2D eigenvalue weighted by Gasteiger charge is 2.29. The molecule has 1 aliphatic heterocycles. The normalized spacial score (nSPS) is 17.2. The van der Waals surface area contributed by atoms with Crippen LogP contribution in [0.5, 0.6) is 0 Å². The quantitative estimate of drug-likeness (QED) is 0.746. The summed E-state index contributed by atoms with van der Waals surface area (Å²) in [6.07, 6.45) is 0. The fourth-order valence-electron chi connectivity index (χ4n) is 1.68. The number of hydrogen-bond donors (Lipinski definition) is 2. The Morgan fingerprint density at radius 2 is 2.24 bits per heavy atom. The van der Waals surface area contributed by atoms with Crippen LogP contribution in [-0.2, 0) is 4.79 Å². The van der Waals surface area contributed by atoms with E-state index in [1.165, 1.54) is 18.2 Å². The highest BCUT2D eigenvalue weighted by atomic mass is 19.1. The van der Waals surface area contributed by atoms with Crippen LogP contribution in [-0.4, -0.2) is 29.9 Å². The zero-order valence-electron chi connectivity index (χ0n) is 9.02. The van der Waals surface area contributed by atoms with Gasteiger partial charge in [0.05, 0.1) is 6.54 Å². The third-order valence-corrected chi connectivity index (χ3v) is 2.59. The van der Waals surface area contributed by atoms with E-state index in [9.17, 15) is 14.0 Å². The van der Waals surface area contributed by atoms with Crippen molar-refractivity contribution in [2.45, 2.75) is 6.04 Å². The number of nitrogens with one attached hydrogen (secondary N) is 1. The van der Waals surface area contributed by atoms with Crippen LogP contribution in [0.3, 0.4) is 0 Å². The maximum Gasteiger partial charge on any atom is 0.324 e. The number of nitrogens with zero attached hydrogens (tertiary/aromatic N) is 1. The molecule has 6 heteroatoms. The van der Waals surface area contributed by atoms with Crippen molar-refractivity contribution in [3.8, 4) is 0 Å². The lowest BCUT2D eigenvalue weighted by Gasteiger charge is -2.18. The second-order valence-corrected chi connectivity index (χ2v) is 3.82. The van der Waals surface area contributed by atoms with Crippen LogP contribution in [0.2, 0.25) is 0 Å². The minimum absolute atomic E-state index is 0.00525. The van der Waals surface area contributed by atoms with E-state index in [2.05, 4.69) is 5.32 Å². The second kappa shape index (κ2) is 4.50. The van der Waals surface area contributed by atoms with Crippen molar-refractivity contribution >= 4 is 11.9 Å². The minimum Gasteiger partial charge on any atom is -0.329 e. The topological polar surface area (TPSA) is 75.4 Å². The molecule has 1 saturated heterocycles. The number of carbonyl (C=O) groups is 2. The van der Waals surface area contributed by atoms with Crippen LogP contribution >= 0.6 is 0 Å². The van der Waals surface area contributed by atoms with Crippen LogP contribution < -0.4 is 11.1 Å². The molecule has 1 unspecified atom stereocenters. The summed E-state index contributed by atoms with van der Waals surface area (Å²) >= 11 is 0. The molecule has 0 saturated carbocycles. The van der Waals surface area contributed by atoms with E-state index in [0.29, 0.717) is 5.56 Å². The van der Waals surface area contributed by atoms with Gasteiger partial charge in [-0.3, -0.25) is 9.69 Å². The molecule has 3 amide bonds. The maximum absolute atomic E-state index is 13.0. The fourth-order valence-corrected chi connectivity index (χ4v) is 1.68. The van der Waals surface area contributed by atoms with Gasteiger partial charge in [0.1, 0.15) is 5.82 Å². The molecule has 90 valence electrons. The number of carbonyl (C=O) groups excluding carboxylic acids is 2. The van der Waals surface area contributed by atoms with Gasteiger partial charge in [0.2, 0.25) is 5.91 Å². The first-order valence-electron chi connectivity index (χ1n) is 5.17. The van der Waals surface area contributed by atoms with Crippen molar-refractivity contribution in [1.82, 2.24) is 10.2 Å². The molecule has 2 rings (SSSR count). The lowest BCUT2D eigenvalue weighted by atomic mass is 10.1. The number of rotatable bonds is 3. The number of hydrogen-bond acceptors (Lipinski definition) is 3. The Morgan fingerprint density at radius 3 is 2.82 bits per heavy atom. The number of amides is 3. The molecule has 3 N–H and O–H groups in total. The van der Waals surface area contributed by atoms with E-state index in [4.69, 9.17) is 5.73 Å². The first-order chi connectivity index (χ1) is 8.08. The maximum atomic E-state index is 13.0. The zero-order chi connectivity index (χ0) is 12.4. The van der Waals surface area contributed by atoms with Crippen molar-refractivity contribution in [2.24, 2.45) is 5.73 Å². The fraction of sp³-hybridized carbons (Fsp3) is 0.273. The molecule has 1 aromatic carbocycles. The van der Waals surface area contributed by atoms with Crippen LogP contribution in [0, 0.1) is 5.82 Å². The summed E-state index contributed by atoms with van der Waals surface area (Å²) in [7, 11) is 0. The second-order valence-electron chi connectivity index (χ2n) is 3.82. The smallest absolute Gasteiger partial charge is 0.324 e. The average molecular weight is 237 g/mol. The Balaban J connectivity index is 2.09. The van der Waals surface area contributed by atoms with Crippen molar-refractivity contribution in [1.29, 1.82) is 0 Å². The highest BCUT2D eigenvalue weighted by Crippen LogP contribution is 2.14. The van der Waals surface area contributed by atoms with Crippen molar-refractivity contribution in [3.05, 3.63) is 35.6 Å².